The molecule has 0 heterocycles. The third kappa shape index (κ3) is 268. The molecule has 0 radical (unpaired) electrons. The maximum Gasteiger partial charge on any atom is 1.00 e. The van der Waals surface area contributed by atoms with Gasteiger partial charge in [-0.05, 0) is 49.1 Å². The Balaban J connectivity index is -0.0000000484. The summed E-state index contributed by atoms with van der Waals surface area (Å²) in [4.78, 5) is 48.0. The summed E-state index contributed by atoms with van der Waals surface area (Å²) in [6.07, 6.45) is 2.22. The summed E-state index contributed by atoms with van der Waals surface area (Å²) in [5, 5.41) is 3.51. The van der Waals surface area contributed by atoms with Crippen LogP contribution in [0.3, 0.4) is 0 Å². The fraction of sp³-hybridized carbons (Fsp3) is 0.875. The van der Waals surface area contributed by atoms with Gasteiger partial charge >= 0.3 is 443 Å². The van der Waals surface area contributed by atoms with Gasteiger partial charge in [-0.2, -0.15) is 0 Å². The number of ether oxygens (including phenoxy) is 3. The number of unbranched alkanes of at least 4 members (excludes halogenated alkanes) is 2. The topological polar surface area (TPSA) is 549 Å². The molecule has 0 amide bonds. The molecule has 121 heavy (non-hydrogen) atoms. The van der Waals surface area contributed by atoms with E-state index >= 15 is 0 Å². The zero-order valence-electron chi connectivity index (χ0n) is 90.9. The van der Waals surface area contributed by atoms with Crippen LogP contribution >= 0.6 is 195 Å². The predicted molar refractivity (Wildman–Crippen MR) is 562 cm³/mol. The van der Waals surface area contributed by atoms with Gasteiger partial charge in [0.15, 0.2) is 25.7 Å². The number of esters is 3. The molecule has 0 saturated carbocycles. The van der Waals surface area contributed by atoms with E-state index in [1.54, 1.807) is 0 Å². The smallest absolute Gasteiger partial charge is 0.335 e. The zero-order chi connectivity index (χ0) is 117. The first-order valence-corrected chi connectivity index (χ1v) is 53.6. The van der Waals surface area contributed by atoms with E-state index in [0.29, 0.717) is 137 Å². The number of hydrogen-bond acceptors (Lipinski definition) is 37. The van der Waals surface area contributed by atoms with Gasteiger partial charge < -0.3 is 55.2 Å². The maximum atomic E-state index is 12.4. The minimum absolute atomic E-state index is 0. The number of carbonyl (C=O) groups excluding carboxylic acids is 4. The van der Waals surface area contributed by atoms with Crippen LogP contribution in [0.4, 0.5) is 0 Å². The molecule has 0 aliphatic carbocycles. The largest absolute Gasteiger partial charge is 1.00 e. The van der Waals surface area contributed by atoms with Crippen LogP contribution < -0.4 is 18.9 Å². The molecule has 0 aliphatic heterocycles. The van der Waals surface area contributed by atoms with Crippen molar-refractivity contribution < 1.29 is 192 Å². The number of methoxy groups -OCH3 is 1. The van der Waals surface area contributed by atoms with E-state index in [4.69, 9.17) is 141 Å². The van der Waals surface area contributed by atoms with E-state index in [1.807, 2.05) is 105 Å². The molecule has 1 N–H and O–H groups in total. The molecule has 0 bridgehead atoms. The number of carbonyl (C=O) groups is 4. The third-order valence-electron chi connectivity index (χ3n) is 10.1. The minimum atomic E-state index is -3.44. The predicted octanol–water partition coefficient (Wildman–Crippen LogP) is 3.59. The van der Waals surface area contributed by atoms with E-state index in [9.17, 15) is 32.9 Å². The normalized spacial score (nSPS) is 11.0. The fourth-order valence-corrected chi connectivity index (χ4v) is 7.78. The Kier molecular flexibility index (Phi) is 191. The van der Waals surface area contributed by atoms with Crippen molar-refractivity contribution >= 4 is 366 Å². The van der Waals surface area contributed by atoms with E-state index in [1.165, 1.54) is 56.4 Å². The molecule has 0 aliphatic rings. The number of Topliss-reactive ketones (excluding diaryl/α,β-unsaturated/α-hetero) is 1. The Morgan fingerprint density at radius 2 is 0.645 bits per heavy atom. The van der Waals surface area contributed by atoms with Crippen molar-refractivity contribution in [3.05, 3.63) is 6.66 Å². The van der Waals surface area contributed by atoms with Crippen LogP contribution in [0, 0.1) is 6.66 Å². The second-order valence-electron chi connectivity index (χ2n) is 19.6. The first kappa shape index (κ1) is 135. The Labute approximate surface area is 815 Å². The minimum Gasteiger partial charge on any atom is -0.335 e. The van der Waals surface area contributed by atoms with Crippen LogP contribution in [-0.4, -0.2) is 289 Å². The molecular formula is C40H126B19LiO37P22Si2. The van der Waals surface area contributed by atoms with Crippen molar-refractivity contribution in [1.82, 2.24) is 0 Å². The van der Waals surface area contributed by atoms with Crippen LogP contribution in [0.2, 0.25) is 36.3 Å². The van der Waals surface area contributed by atoms with Gasteiger partial charge in [0.1, 0.15) is 11.9 Å². The maximum absolute atomic E-state index is 12.4. The van der Waals surface area contributed by atoms with Crippen LogP contribution in [0.25, 0.3) is 0 Å². The molecule has 0 saturated heterocycles. The summed E-state index contributed by atoms with van der Waals surface area (Å²) in [5.74, 6) is -1.40. The Bertz CT molecular complexity index is 2810. The molecular weight excluding hydrogens is 2020 g/mol. The first-order valence-electron chi connectivity index (χ1n) is 39.6. The second-order valence-corrected chi connectivity index (χ2v) is 40.3. The third-order valence-corrected chi connectivity index (χ3v) is 23.4. The van der Waals surface area contributed by atoms with Crippen LogP contribution in [0.1, 0.15) is 107 Å². The van der Waals surface area contributed by atoms with E-state index in [2.05, 4.69) is 97.5 Å². The van der Waals surface area contributed by atoms with E-state index in [-0.39, 0.29) is 93.5 Å². The van der Waals surface area contributed by atoms with Gasteiger partial charge in [0, 0.05) is 59.6 Å². The quantitative estimate of drug-likeness (QED) is 0.0234. The average Bonchev–Trinajstić information content (AvgIpc) is 0.831. The summed E-state index contributed by atoms with van der Waals surface area (Å²) in [6.45, 7) is 39.7. The average molecular weight is 2190 g/mol. The molecule has 81 heteroatoms. The molecule has 0 aromatic carbocycles. The molecule has 0 fully saturated rings. The van der Waals surface area contributed by atoms with Crippen molar-refractivity contribution in [3.63, 3.8) is 0 Å². The van der Waals surface area contributed by atoms with Gasteiger partial charge in [-0.3, -0.25) is 32.9 Å². The van der Waals surface area contributed by atoms with E-state index < -0.39 is 131 Å². The number of rotatable bonds is 36. The van der Waals surface area contributed by atoms with Crippen molar-refractivity contribution in [2.24, 2.45) is 0 Å². The van der Waals surface area contributed by atoms with Crippen molar-refractivity contribution in [1.29, 1.82) is 24.5 Å². The summed E-state index contributed by atoms with van der Waals surface area (Å²) in [7, 11) is -1.12. The van der Waals surface area contributed by atoms with Crippen LogP contribution in [0.15, 0.2) is 0 Å². The molecule has 37 nitrogen and oxygen atoms in total. The molecule has 0 spiro atoms. The Morgan fingerprint density at radius 3 is 0.769 bits per heavy atom. The van der Waals surface area contributed by atoms with Crippen molar-refractivity contribution in [3.8, 4) is 0 Å². The molecule has 13 atom stereocenters. The van der Waals surface area contributed by atoms with E-state index in [0.717, 1.165) is 25.7 Å². The fourth-order valence-electron chi connectivity index (χ4n) is 3.80. The second kappa shape index (κ2) is 171. The first-order chi connectivity index (χ1) is 63.7. The zero-order valence-corrected chi connectivity index (χ0v) is 96.3. The summed E-state index contributed by atoms with van der Waals surface area (Å²) in [6, 6.07) is 0. The molecule has 0 aromatic heterocycles. The van der Waals surface area contributed by atoms with Crippen LogP contribution in [-0.2, 0) is 168 Å². The van der Waals surface area contributed by atoms with Gasteiger partial charge in [0.2, 0.25) is 0 Å². The molecule has 0 rings (SSSR count). The number of ketones is 1. The van der Waals surface area contributed by atoms with Gasteiger partial charge in [-0.15, -0.1) is 9.01 Å². The SMILES string of the molecule is CCCCOC(=O)C[C@H](CC(=O)CP(=O)(OC)OC)O[Si](C)(C)C(C)(C)C.CCCCOC(=O)C[C@H](CC(=O)OC)O[Si](C)(C)C(C)(C)C.COP(C)(=O)OC.O=BP.O=BP.O=BP.O=BP.O=BP.O=BP.O=BP.O=BP.O=BP.O=BP.[3H]OB([3H])P([3H])[3H].[3H]P([3H])B=O.[3H]P([3H])B=O.[3H]P([3H])B=O.[3H]P([3H])B=O.[3H]P([3H])B=O.[3H]P([3H])B=O.[3H]P([3H])B=O.[3H]PB=O.[CH2-]P(=O)(OC)OC.[Li+]. The Hall–Kier alpha value is 5.24. The summed E-state index contributed by atoms with van der Waals surface area (Å²) in [5.41, 5.74) is 0. The van der Waals surface area contributed by atoms with Gasteiger partial charge in [-0.1, -0.05) is 68.2 Å². The van der Waals surface area contributed by atoms with Crippen molar-refractivity contribution in [2.75, 3.05) is 75.8 Å². The van der Waals surface area contributed by atoms with Gasteiger partial charge in [-0.25, -0.2) is 6.66 Å². The molecule has 0 aromatic rings. The number of hydrogen-bond donors (Lipinski definition) is 1. The monoisotopic (exact) mass is 2190 g/mol. The standard InChI is InChI=1S/C18H37O7PSi.C16H32O5Si.C3H9O3P.C3H8O3P.BH4OP.18BH2OP.Li/c1-9-10-11-24-17(20)13-16(25-27(7,8)18(2,3)4)12-15(19)14-26(21,22-5)23-6;1-8-9-10-20-15(18)12-13(11-14(17)19-5)21-22(6,7)16(2,3)4;2*1-5-7(3,4)6-2;19*2-1-3;/h16H,9-14H2,1-8H3;13H,8-12H2,1-7H3;1-3H3;3H2,1-2H3;1-2H,3H2;18*3H2;/q;;;-1;;;;;;;;;;;;;;;;;;;;+1/t16-;13-;;;;;;;;;;;;;;;;;;;;;;/m00....................../s1/i;;;;1T,2T,3T2;7*3T2;3T;;;;;;;;;;;. The summed E-state index contributed by atoms with van der Waals surface area (Å²) < 4.78 is 367. The van der Waals surface area contributed by atoms with Crippen molar-refractivity contribution in [2.45, 2.75) is 155 Å². The van der Waals surface area contributed by atoms with Gasteiger partial charge in [0.25, 0.3) is 7.17 Å². The molecule has 684 valence electrons. The summed E-state index contributed by atoms with van der Waals surface area (Å²) >= 11 is 0. The molecule has 11 unspecified atom stereocenters. The van der Waals surface area contributed by atoms with Gasteiger partial charge in [0.05, 0.1) is 51.8 Å². The Morgan fingerprint density at radius 1 is 0.430 bits per heavy atom. The van der Waals surface area contributed by atoms with Crippen LogP contribution in [0.5, 0.6) is 0 Å².